The number of aliphatic hydroxyl groups is 1. The number of Topliss-reactive ketones (excluding diaryl/α,β-unsaturated/α-hetero) is 1. The van der Waals surface area contributed by atoms with Gasteiger partial charge in [0.15, 0.2) is 0 Å². The van der Waals surface area contributed by atoms with Gasteiger partial charge in [0.05, 0.1) is 24.8 Å². The van der Waals surface area contributed by atoms with Gasteiger partial charge in [-0.15, -0.1) is 0 Å². The summed E-state index contributed by atoms with van der Waals surface area (Å²) in [4.78, 5) is 29.4. The predicted octanol–water partition coefficient (Wildman–Crippen LogP) is 3.47. The Morgan fingerprint density at radius 1 is 1.09 bits per heavy atom. The van der Waals surface area contributed by atoms with Crippen molar-refractivity contribution in [2.75, 3.05) is 34.3 Å². The lowest BCUT2D eigenvalue weighted by Crippen LogP contribution is -2.35. The molecule has 1 aliphatic rings. The number of carbonyl (C=O) groups excluding carboxylic acids is 2. The first-order chi connectivity index (χ1) is 15.2. The number of rotatable bonds is 8. The SMILES string of the molecule is COc1cccc([C@@H]2C(=C(O)c3ccc(OC(C)C)cc3)C(=O)C(=O)N2CCN(C)C)c1. The summed E-state index contributed by atoms with van der Waals surface area (Å²) in [5.74, 6) is -0.264. The molecule has 1 N–H and O–H groups in total. The van der Waals surface area contributed by atoms with Gasteiger partial charge in [-0.2, -0.15) is 0 Å². The molecule has 0 aliphatic carbocycles. The minimum absolute atomic E-state index is 0.0181. The Balaban J connectivity index is 2.09. The second-order valence-electron chi connectivity index (χ2n) is 8.26. The van der Waals surface area contributed by atoms with Crippen molar-refractivity contribution in [2.24, 2.45) is 0 Å². The molecular formula is C25H30N2O5. The minimum Gasteiger partial charge on any atom is -0.507 e. The molecule has 1 saturated heterocycles. The van der Waals surface area contributed by atoms with Crippen molar-refractivity contribution < 1.29 is 24.2 Å². The smallest absolute Gasteiger partial charge is 0.295 e. The van der Waals surface area contributed by atoms with Gasteiger partial charge in [0, 0.05) is 18.7 Å². The number of aliphatic hydroxyl groups excluding tert-OH is 1. The van der Waals surface area contributed by atoms with Gasteiger partial charge < -0.3 is 24.4 Å². The Labute approximate surface area is 188 Å². The number of hydrogen-bond acceptors (Lipinski definition) is 6. The van der Waals surface area contributed by atoms with E-state index >= 15 is 0 Å². The van der Waals surface area contributed by atoms with Crippen LogP contribution in [0, 0.1) is 0 Å². The second-order valence-corrected chi connectivity index (χ2v) is 8.26. The molecule has 0 spiro atoms. The monoisotopic (exact) mass is 438 g/mol. The molecule has 3 rings (SSSR count). The van der Waals surface area contributed by atoms with Crippen LogP contribution in [0.2, 0.25) is 0 Å². The van der Waals surface area contributed by atoms with Crippen LogP contribution >= 0.6 is 0 Å². The molecular weight excluding hydrogens is 408 g/mol. The number of carbonyl (C=O) groups is 2. The van der Waals surface area contributed by atoms with Crippen molar-refractivity contribution in [3.05, 3.63) is 65.2 Å². The van der Waals surface area contributed by atoms with Gasteiger partial charge in [-0.3, -0.25) is 9.59 Å². The number of ether oxygens (including phenoxy) is 2. The first-order valence-corrected chi connectivity index (χ1v) is 10.6. The summed E-state index contributed by atoms with van der Waals surface area (Å²) >= 11 is 0. The molecule has 7 nitrogen and oxygen atoms in total. The molecule has 0 bridgehead atoms. The number of nitrogens with zero attached hydrogens (tertiary/aromatic N) is 2. The average molecular weight is 439 g/mol. The number of likely N-dealkylation sites (N-methyl/N-ethyl adjacent to an activating group) is 1. The normalized spacial score (nSPS) is 18.0. The van der Waals surface area contributed by atoms with Crippen LogP contribution in [0.25, 0.3) is 5.76 Å². The summed E-state index contributed by atoms with van der Waals surface area (Å²) in [6.07, 6.45) is 0.0181. The lowest BCUT2D eigenvalue weighted by molar-refractivity contribution is -0.140. The average Bonchev–Trinajstić information content (AvgIpc) is 3.02. The fourth-order valence-electron chi connectivity index (χ4n) is 3.70. The second kappa shape index (κ2) is 9.87. The van der Waals surface area contributed by atoms with E-state index in [-0.39, 0.29) is 17.4 Å². The van der Waals surface area contributed by atoms with E-state index in [1.165, 1.54) is 4.90 Å². The zero-order chi connectivity index (χ0) is 23.4. The zero-order valence-electron chi connectivity index (χ0n) is 19.2. The molecule has 2 aromatic carbocycles. The van der Waals surface area contributed by atoms with E-state index < -0.39 is 17.7 Å². The highest BCUT2D eigenvalue weighted by atomic mass is 16.5. The van der Waals surface area contributed by atoms with Crippen LogP contribution in [0.4, 0.5) is 0 Å². The van der Waals surface area contributed by atoms with Crippen molar-refractivity contribution in [1.29, 1.82) is 0 Å². The summed E-state index contributed by atoms with van der Waals surface area (Å²) in [7, 11) is 5.36. The largest absolute Gasteiger partial charge is 0.507 e. The van der Waals surface area contributed by atoms with Crippen molar-refractivity contribution in [2.45, 2.75) is 26.0 Å². The van der Waals surface area contributed by atoms with E-state index in [2.05, 4.69) is 0 Å². The summed E-state index contributed by atoms with van der Waals surface area (Å²) in [6, 6.07) is 13.3. The van der Waals surface area contributed by atoms with Crippen molar-refractivity contribution >= 4 is 17.4 Å². The number of hydrogen-bond donors (Lipinski definition) is 1. The summed E-state index contributed by atoms with van der Waals surface area (Å²) < 4.78 is 11.0. The first kappa shape index (κ1) is 23.3. The molecule has 0 aromatic heterocycles. The Morgan fingerprint density at radius 3 is 2.38 bits per heavy atom. The standard InChI is InChI=1S/C25H30N2O5/c1-16(2)32-19-11-9-17(10-12-19)23(28)21-22(18-7-6-8-20(15-18)31-5)27(14-13-26(3)4)25(30)24(21)29/h6-12,15-16,22,28H,13-14H2,1-5H3/t22-/m1/s1. The molecule has 1 aliphatic heterocycles. The molecule has 1 amide bonds. The third-order valence-corrected chi connectivity index (χ3v) is 5.24. The third kappa shape index (κ3) is 4.94. The molecule has 32 heavy (non-hydrogen) atoms. The minimum atomic E-state index is -0.711. The molecule has 0 unspecified atom stereocenters. The summed E-state index contributed by atoms with van der Waals surface area (Å²) in [6.45, 7) is 4.78. The van der Waals surface area contributed by atoms with Crippen LogP contribution in [0.5, 0.6) is 11.5 Å². The maximum atomic E-state index is 13.0. The van der Waals surface area contributed by atoms with Gasteiger partial charge in [-0.05, 0) is 69.9 Å². The Morgan fingerprint density at radius 2 is 1.78 bits per heavy atom. The zero-order valence-corrected chi connectivity index (χ0v) is 19.2. The maximum absolute atomic E-state index is 13.0. The fourth-order valence-corrected chi connectivity index (χ4v) is 3.70. The number of likely N-dealkylation sites (tertiary alicyclic amines) is 1. The van der Waals surface area contributed by atoms with Gasteiger partial charge in [0.2, 0.25) is 0 Å². The lowest BCUT2D eigenvalue weighted by atomic mass is 9.95. The van der Waals surface area contributed by atoms with Gasteiger partial charge in [-0.1, -0.05) is 12.1 Å². The Hall–Kier alpha value is -3.32. The molecule has 1 fully saturated rings. The fraction of sp³-hybridized carbons (Fsp3) is 0.360. The summed E-state index contributed by atoms with van der Waals surface area (Å²) in [5, 5.41) is 11.1. The number of methoxy groups -OCH3 is 1. The number of benzene rings is 2. The van der Waals surface area contributed by atoms with Crippen LogP contribution < -0.4 is 9.47 Å². The Kier molecular flexibility index (Phi) is 7.20. The summed E-state index contributed by atoms with van der Waals surface area (Å²) in [5.41, 5.74) is 1.21. The highest BCUT2D eigenvalue weighted by Crippen LogP contribution is 2.40. The van der Waals surface area contributed by atoms with E-state index in [0.717, 1.165) is 0 Å². The van der Waals surface area contributed by atoms with Gasteiger partial charge >= 0.3 is 0 Å². The van der Waals surface area contributed by atoms with Crippen LogP contribution in [-0.4, -0.2) is 67.0 Å². The van der Waals surface area contributed by atoms with Crippen LogP contribution in [0.1, 0.15) is 31.0 Å². The van der Waals surface area contributed by atoms with Gasteiger partial charge in [0.25, 0.3) is 11.7 Å². The van der Waals surface area contributed by atoms with Crippen molar-refractivity contribution in [3.63, 3.8) is 0 Å². The highest BCUT2D eigenvalue weighted by molar-refractivity contribution is 6.46. The van der Waals surface area contributed by atoms with E-state index in [1.807, 2.05) is 38.9 Å². The van der Waals surface area contributed by atoms with Crippen LogP contribution in [0.3, 0.4) is 0 Å². The number of ketones is 1. The van der Waals surface area contributed by atoms with E-state index in [4.69, 9.17) is 9.47 Å². The molecule has 0 saturated carbocycles. The topological polar surface area (TPSA) is 79.3 Å². The van der Waals surface area contributed by atoms with Crippen LogP contribution in [-0.2, 0) is 9.59 Å². The predicted molar refractivity (Wildman–Crippen MR) is 123 cm³/mol. The molecule has 7 heteroatoms. The van der Waals surface area contributed by atoms with Gasteiger partial charge in [-0.25, -0.2) is 0 Å². The maximum Gasteiger partial charge on any atom is 0.295 e. The van der Waals surface area contributed by atoms with Crippen molar-refractivity contribution in [1.82, 2.24) is 9.80 Å². The Bertz CT molecular complexity index is 1010. The van der Waals surface area contributed by atoms with E-state index in [9.17, 15) is 14.7 Å². The molecule has 1 heterocycles. The van der Waals surface area contributed by atoms with E-state index in [0.29, 0.717) is 35.7 Å². The molecule has 1 atom stereocenters. The third-order valence-electron chi connectivity index (χ3n) is 5.24. The highest BCUT2D eigenvalue weighted by Gasteiger charge is 2.46. The first-order valence-electron chi connectivity index (χ1n) is 10.6. The van der Waals surface area contributed by atoms with Crippen LogP contribution in [0.15, 0.2) is 54.1 Å². The van der Waals surface area contributed by atoms with E-state index in [1.54, 1.807) is 49.6 Å². The molecule has 0 radical (unpaired) electrons. The van der Waals surface area contributed by atoms with Crippen molar-refractivity contribution in [3.8, 4) is 11.5 Å². The number of amides is 1. The molecule has 2 aromatic rings. The van der Waals surface area contributed by atoms with Gasteiger partial charge in [0.1, 0.15) is 17.3 Å². The molecule has 170 valence electrons. The quantitative estimate of drug-likeness (QED) is 0.386. The lowest BCUT2D eigenvalue weighted by Gasteiger charge is -2.26.